The van der Waals surface area contributed by atoms with Crippen LogP contribution < -0.4 is 9.47 Å². The highest BCUT2D eigenvalue weighted by molar-refractivity contribution is 8.18. The summed E-state index contributed by atoms with van der Waals surface area (Å²) in [5, 5.41) is 0.0955. The van der Waals surface area contributed by atoms with Gasteiger partial charge in [-0.2, -0.15) is 0 Å². The number of H-pyrrole nitrogens is 1. The van der Waals surface area contributed by atoms with E-state index in [-0.39, 0.29) is 24.5 Å². The van der Waals surface area contributed by atoms with Crippen molar-refractivity contribution in [2.45, 2.75) is 6.54 Å². The van der Waals surface area contributed by atoms with Crippen molar-refractivity contribution in [3.8, 4) is 11.5 Å². The summed E-state index contributed by atoms with van der Waals surface area (Å²) < 4.78 is 10.6. The molecule has 2 aromatic rings. The van der Waals surface area contributed by atoms with Gasteiger partial charge in [0.1, 0.15) is 0 Å². The van der Waals surface area contributed by atoms with Crippen LogP contribution in [-0.2, 0) is 11.3 Å². The van der Waals surface area contributed by atoms with Crippen molar-refractivity contribution in [2.24, 2.45) is 0 Å². The molecule has 0 saturated carbocycles. The molecule has 1 fully saturated rings. The number of carbonyl (C=O) groups is 2. The predicted octanol–water partition coefficient (Wildman–Crippen LogP) is 3.63. The molecule has 2 amide bonds. The zero-order valence-corrected chi connectivity index (χ0v) is 13.8. The summed E-state index contributed by atoms with van der Waals surface area (Å²) in [7, 11) is 0. The van der Waals surface area contributed by atoms with E-state index in [4.69, 9.17) is 21.1 Å². The van der Waals surface area contributed by atoms with E-state index in [1.807, 2.05) is 12.1 Å². The maximum absolute atomic E-state index is 12.5. The van der Waals surface area contributed by atoms with Crippen molar-refractivity contribution in [3.63, 3.8) is 0 Å². The van der Waals surface area contributed by atoms with Gasteiger partial charge < -0.3 is 14.5 Å². The smallest absolute Gasteiger partial charge is 0.293 e. The highest BCUT2D eigenvalue weighted by Crippen LogP contribution is 2.39. The van der Waals surface area contributed by atoms with Crippen molar-refractivity contribution < 1.29 is 19.1 Å². The summed E-state index contributed by atoms with van der Waals surface area (Å²) in [6.45, 7) is 0.220. The fourth-order valence-corrected chi connectivity index (χ4v) is 3.50. The summed E-state index contributed by atoms with van der Waals surface area (Å²) in [5.41, 5.74) is 1.39. The monoisotopic (exact) mass is 362 g/mol. The second-order valence-electron chi connectivity index (χ2n) is 5.19. The van der Waals surface area contributed by atoms with Crippen LogP contribution in [0.2, 0.25) is 5.02 Å². The summed E-state index contributed by atoms with van der Waals surface area (Å²) in [5.74, 6) is 0.779. The number of halogens is 1. The van der Waals surface area contributed by atoms with Gasteiger partial charge in [-0.1, -0.05) is 11.6 Å². The Morgan fingerprint density at radius 3 is 2.83 bits per heavy atom. The summed E-state index contributed by atoms with van der Waals surface area (Å²) in [6, 6.07) is 6.97. The number of aromatic amines is 1. The first kappa shape index (κ1) is 15.2. The number of nitrogens with one attached hydrogen (secondary N) is 1. The number of hydrogen-bond donors (Lipinski definition) is 1. The first-order valence-electron chi connectivity index (χ1n) is 7.08. The molecule has 24 heavy (non-hydrogen) atoms. The van der Waals surface area contributed by atoms with E-state index >= 15 is 0 Å². The lowest BCUT2D eigenvalue weighted by Crippen LogP contribution is -2.27. The SMILES string of the molecule is O=C1S/C(=C/c2ccc[nH]2)C(=O)N1Cc1cc2c(cc1Cl)OCO2. The zero-order chi connectivity index (χ0) is 16.7. The Bertz CT molecular complexity index is 863. The van der Waals surface area contributed by atoms with Gasteiger partial charge in [0.2, 0.25) is 6.79 Å². The zero-order valence-electron chi connectivity index (χ0n) is 12.2. The summed E-state index contributed by atoms with van der Waals surface area (Å²) in [4.78, 5) is 29.2. The van der Waals surface area contributed by atoms with Crippen LogP contribution in [0.25, 0.3) is 6.08 Å². The lowest BCUT2D eigenvalue weighted by molar-refractivity contribution is -0.123. The third-order valence-electron chi connectivity index (χ3n) is 3.65. The number of imide groups is 1. The average Bonchev–Trinajstić information content (AvgIpc) is 3.26. The molecule has 0 aliphatic carbocycles. The van der Waals surface area contributed by atoms with Gasteiger partial charge in [0.25, 0.3) is 11.1 Å². The van der Waals surface area contributed by atoms with Crippen LogP contribution in [-0.4, -0.2) is 27.8 Å². The Morgan fingerprint density at radius 1 is 1.29 bits per heavy atom. The van der Waals surface area contributed by atoms with Gasteiger partial charge in [0, 0.05) is 23.0 Å². The number of rotatable bonds is 3. The molecule has 8 heteroatoms. The normalized spacial score (nSPS) is 18.0. The van der Waals surface area contributed by atoms with E-state index in [1.165, 1.54) is 4.90 Å². The number of fused-ring (bicyclic) bond motifs is 1. The minimum atomic E-state index is -0.340. The van der Waals surface area contributed by atoms with Crippen LogP contribution in [0.1, 0.15) is 11.3 Å². The van der Waals surface area contributed by atoms with Crippen molar-refractivity contribution in [3.05, 3.63) is 51.6 Å². The van der Waals surface area contributed by atoms with Gasteiger partial charge in [-0.05, 0) is 41.6 Å². The lowest BCUT2D eigenvalue weighted by Gasteiger charge is -2.14. The molecule has 1 aromatic carbocycles. The molecule has 122 valence electrons. The predicted molar refractivity (Wildman–Crippen MR) is 89.9 cm³/mol. The highest BCUT2D eigenvalue weighted by atomic mass is 35.5. The number of ether oxygens (including phenoxy) is 2. The Kier molecular flexibility index (Phi) is 3.74. The lowest BCUT2D eigenvalue weighted by atomic mass is 10.2. The van der Waals surface area contributed by atoms with Gasteiger partial charge in [-0.25, -0.2) is 0 Å². The van der Waals surface area contributed by atoms with Crippen molar-refractivity contribution >= 4 is 40.6 Å². The standard InChI is InChI=1S/C16H11ClN2O4S/c17-11-6-13-12(22-8-23-13)4-9(11)7-19-15(20)14(24-16(19)21)5-10-2-1-3-18-10/h1-6,18H,7-8H2/b14-5+. The van der Waals surface area contributed by atoms with Gasteiger partial charge in [0.15, 0.2) is 11.5 Å². The molecule has 3 heterocycles. The third-order valence-corrected chi connectivity index (χ3v) is 4.91. The topological polar surface area (TPSA) is 71.6 Å². The molecule has 0 bridgehead atoms. The van der Waals surface area contributed by atoms with Crippen LogP contribution in [0.4, 0.5) is 4.79 Å². The Labute approximate surface area is 146 Å². The third kappa shape index (κ3) is 2.65. The molecule has 0 unspecified atom stereocenters. The minimum Gasteiger partial charge on any atom is -0.454 e. The van der Waals surface area contributed by atoms with Crippen LogP contribution in [0.3, 0.4) is 0 Å². The second-order valence-corrected chi connectivity index (χ2v) is 6.59. The van der Waals surface area contributed by atoms with Crippen molar-refractivity contribution in [2.75, 3.05) is 6.79 Å². The first-order valence-corrected chi connectivity index (χ1v) is 8.28. The maximum atomic E-state index is 12.5. The molecular weight excluding hydrogens is 352 g/mol. The molecule has 1 saturated heterocycles. The van der Waals surface area contributed by atoms with Gasteiger partial charge in [-0.15, -0.1) is 0 Å². The van der Waals surface area contributed by atoms with E-state index < -0.39 is 0 Å². The Morgan fingerprint density at radius 2 is 2.08 bits per heavy atom. The average molecular weight is 363 g/mol. The second kappa shape index (κ2) is 5.92. The van der Waals surface area contributed by atoms with E-state index in [0.29, 0.717) is 27.0 Å². The summed E-state index contributed by atoms with van der Waals surface area (Å²) >= 11 is 7.13. The molecule has 2 aliphatic heterocycles. The largest absolute Gasteiger partial charge is 0.454 e. The summed E-state index contributed by atoms with van der Waals surface area (Å²) in [6.07, 6.45) is 3.41. The molecule has 0 radical (unpaired) electrons. The van der Waals surface area contributed by atoms with Crippen LogP contribution in [0, 0.1) is 0 Å². The minimum absolute atomic E-state index is 0.0855. The van der Waals surface area contributed by atoms with Crippen molar-refractivity contribution in [1.29, 1.82) is 0 Å². The van der Waals surface area contributed by atoms with Crippen molar-refractivity contribution in [1.82, 2.24) is 9.88 Å². The number of thioether (sulfide) groups is 1. The molecule has 1 aromatic heterocycles. The molecule has 2 aliphatic rings. The number of hydrogen-bond acceptors (Lipinski definition) is 5. The van der Waals surface area contributed by atoms with E-state index in [1.54, 1.807) is 24.4 Å². The fraction of sp³-hybridized carbons (Fsp3) is 0.125. The van der Waals surface area contributed by atoms with Crippen LogP contribution in [0.5, 0.6) is 11.5 Å². The van der Waals surface area contributed by atoms with E-state index in [0.717, 1.165) is 17.5 Å². The quantitative estimate of drug-likeness (QED) is 0.844. The molecule has 6 nitrogen and oxygen atoms in total. The number of aromatic nitrogens is 1. The van der Waals surface area contributed by atoms with Crippen LogP contribution >= 0.6 is 23.4 Å². The van der Waals surface area contributed by atoms with Gasteiger partial charge in [-0.3, -0.25) is 14.5 Å². The number of carbonyl (C=O) groups excluding carboxylic acids is 2. The Hall–Kier alpha value is -2.38. The highest BCUT2D eigenvalue weighted by Gasteiger charge is 2.35. The number of nitrogens with zero attached hydrogens (tertiary/aromatic N) is 1. The van der Waals surface area contributed by atoms with Crippen LogP contribution in [0.15, 0.2) is 35.4 Å². The molecular formula is C16H11ClN2O4S. The number of amides is 2. The fourth-order valence-electron chi connectivity index (χ4n) is 2.46. The molecule has 0 atom stereocenters. The molecule has 1 N–H and O–H groups in total. The molecule has 0 spiro atoms. The molecule has 4 rings (SSSR count). The van der Waals surface area contributed by atoms with E-state index in [2.05, 4.69) is 4.98 Å². The van der Waals surface area contributed by atoms with Gasteiger partial charge >= 0.3 is 0 Å². The number of benzene rings is 1. The first-order chi connectivity index (χ1) is 11.6. The Balaban J connectivity index is 1.59. The maximum Gasteiger partial charge on any atom is 0.293 e. The van der Waals surface area contributed by atoms with E-state index in [9.17, 15) is 9.59 Å². The van der Waals surface area contributed by atoms with Gasteiger partial charge in [0.05, 0.1) is 11.4 Å².